The van der Waals surface area contributed by atoms with Crippen LogP contribution in [-0.4, -0.2) is 6.61 Å². The molecule has 1 nitrogen and oxygen atoms in total. The predicted octanol–water partition coefficient (Wildman–Crippen LogP) is 5.14. The molecule has 0 radical (unpaired) electrons. The molecule has 1 aliphatic carbocycles. The Bertz CT molecular complexity index is 518. The van der Waals surface area contributed by atoms with Crippen LogP contribution in [0.2, 0.25) is 0 Å². The van der Waals surface area contributed by atoms with Gasteiger partial charge >= 0.3 is 0 Å². The zero-order valence-corrected chi connectivity index (χ0v) is 12.3. The molecule has 0 atom stereocenters. The summed E-state index contributed by atoms with van der Waals surface area (Å²) < 4.78 is 4.80. The van der Waals surface area contributed by atoms with Crippen molar-refractivity contribution in [2.45, 2.75) is 20.3 Å². The Morgan fingerprint density at radius 3 is 2.25 bits per heavy atom. The van der Waals surface area contributed by atoms with E-state index in [1.165, 1.54) is 11.1 Å². The van der Waals surface area contributed by atoms with Crippen LogP contribution in [0.5, 0.6) is 0 Å². The second-order valence-electron chi connectivity index (χ2n) is 5.55. The Labute approximate surface area is 122 Å². The number of hydrogen-bond acceptors (Lipinski definition) is 1. The first-order valence-electron chi connectivity index (χ1n) is 7.06. The van der Waals surface area contributed by atoms with E-state index in [1.807, 2.05) is 18.2 Å². The van der Waals surface area contributed by atoms with Crippen LogP contribution in [0.3, 0.4) is 0 Å². The third-order valence-electron chi connectivity index (χ3n) is 3.46. The van der Waals surface area contributed by atoms with E-state index < -0.39 is 0 Å². The first-order chi connectivity index (χ1) is 9.70. The largest absolute Gasteiger partial charge is 0.497 e. The fourth-order valence-corrected chi connectivity index (χ4v) is 2.31. The van der Waals surface area contributed by atoms with Crippen LogP contribution < -0.4 is 0 Å². The topological polar surface area (TPSA) is 9.23 Å². The Morgan fingerprint density at radius 2 is 1.75 bits per heavy atom. The van der Waals surface area contributed by atoms with Gasteiger partial charge in [0, 0.05) is 0 Å². The molecule has 0 saturated heterocycles. The minimum Gasteiger partial charge on any atom is -0.497 e. The van der Waals surface area contributed by atoms with Gasteiger partial charge in [-0.15, -0.1) is 0 Å². The fourth-order valence-electron chi connectivity index (χ4n) is 2.31. The van der Waals surface area contributed by atoms with E-state index >= 15 is 0 Å². The maximum atomic E-state index is 4.80. The summed E-state index contributed by atoms with van der Waals surface area (Å²) in [6.45, 7) is 5.33. The molecule has 2 aliphatic rings. The van der Waals surface area contributed by atoms with Crippen LogP contribution in [0.1, 0.15) is 25.8 Å². The Morgan fingerprint density at radius 1 is 0.950 bits per heavy atom. The van der Waals surface area contributed by atoms with Crippen LogP contribution in [-0.2, 0) is 4.74 Å². The Hall–Kier alpha value is -2.02. The molecular weight excluding hydrogens is 244 g/mol. The van der Waals surface area contributed by atoms with E-state index in [2.05, 4.69) is 62.4 Å². The average Bonchev–Trinajstić information content (AvgIpc) is 2.50. The van der Waals surface area contributed by atoms with E-state index in [0.29, 0.717) is 0 Å². The second-order valence-corrected chi connectivity index (χ2v) is 5.55. The highest BCUT2D eigenvalue weighted by Crippen LogP contribution is 2.39. The normalized spacial score (nSPS) is 18.6. The Balaban J connectivity index is 0.000000205. The third-order valence-corrected chi connectivity index (χ3v) is 3.46. The summed E-state index contributed by atoms with van der Waals surface area (Å²) in [5.74, 6) is 0. The quantitative estimate of drug-likeness (QED) is 0.683. The zero-order valence-electron chi connectivity index (χ0n) is 12.3. The zero-order chi connectivity index (χ0) is 14.3. The van der Waals surface area contributed by atoms with Gasteiger partial charge in [-0.3, -0.25) is 0 Å². The van der Waals surface area contributed by atoms with Crippen molar-refractivity contribution >= 4 is 5.57 Å². The van der Waals surface area contributed by atoms with E-state index in [1.54, 1.807) is 6.26 Å². The van der Waals surface area contributed by atoms with Gasteiger partial charge < -0.3 is 4.74 Å². The van der Waals surface area contributed by atoms with Gasteiger partial charge in [-0.05, 0) is 35.1 Å². The summed E-state index contributed by atoms with van der Waals surface area (Å²) >= 11 is 0. The molecule has 3 rings (SSSR count). The second kappa shape index (κ2) is 6.95. The van der Waals surface area contributed by atoms with Gasteiger partial charge in [-0.1, -0.05) is 68.5 Å². The molecule has 0 fully saturated rings. The SMILES string of the molecule is C1=CCOC=C1.CC1(C)CC=CC=C1c1ccccc1. The molecular formula is C19H22O. The molecule has 0 saturated carbocycles. The van der Waals surface area contributed by atoms with Crippen molar-refractivity contribution in [3.63, 3.8) is 0 Å². The van der Waals surface area contributed by atoms with Crippen LogP contribution in [0.25, 0.3) is 5.57 Å². The van der Waals surface area contributed by atoms with Crippen molar-refractivity contribution in [1.29, 1.82) is 0 Å². The van der Waals surface area contributed by atoms with Crippen molar-refractivity contribution in [3.05, 3.63) is 78.6 Å². The summed E-state index contributed by atoms with van der Waals surface area (Å²) in [6, 6.07) is 10.6. The van der Waals surface area contributed by atoms with Crippen molar-refractivity contribution in [3.8, 4) is 0 Å². The van der Waals surface area contributed by atoms with Gasteiger partial charge in [0.05, 0.1) is 6.26 Å². The summed E-state index contributed by atoms with van der Waals surface area (Å²) in [5, 5.41) is 0. The van der Waals surface area contributed by atoms with Gasteiger partial charge in [-0.25, -0.2) is 0 Å². The third kappa shape index (κ3) is 3.99. The fraction of sp³-hybridized carbons (Fsp3) is 0.263. The molecule has 1 aromatic rings. The number of ether oxygens (including phenoxy) is 1. The average molecular weight is 266 g/mol. The minimum atomic E-state index is 0.274. The van der Waals surface area contributed by atoms with Crippen LogP contribution in [0.15, 0.2) is 73.1 Å². The highest BCUT2D eigenvalue weighted by molar-refractivity contribution is 5.72. The highest BCUT2D eigenvalue weighted by atomic mass is 16.5. The molecule has 0 amide bonds. The monoisotopic (exact) mass is 266 g/mol. The van der Waals surface area contributed by atoms with Gasteiger partial charge in [0.2, 0.25) is 0 Å². The highest BCUT2D eigenvalue weighted by Gasteiger charge is 2.24. The molecule has 0 spiro atoms. The van der Waals surface area contributed by atoms with Gasteiger partial charge in [0.1, 0.15) is 6.61 Å². The first kappa shape index (κ1) is 14.4. The molecule has 0 aromatic heterocycles. The molecule has 0 N–H and O–H groups in total. The van der Waals surface area contributed by atoms with Crippen molar-refractivity contribution in [2.75, 3.05) is 6.61 Å². The smallest absolute Gasteiger partial charge is 0.106 e. The number of benzene rings is 1. The Kier molecular flexibility index (Phi) is 5.00. The maximum absolute atomic E-state index is 4.80. The lowest BCUT2D eigenvalue weighted by Crippen LogP contribution is -2.14. The van der Waals surface area contributed by atoms with Crippen LogP contribution in [0, 0.1) is 5.41 Å². The van der Waals surface area contributed by atoms with E-state index in [-0.39, 0.29) is 5.41 Å². The molecule has 104 valence electrons. The van der Waals surface area contributed by atoms with Crippen molar-refractivity contribution < 1.29 is 4.74 Å². The van der Waals surface area contributed by atoms with E-state index in [4.69, 9.17) is 4.74 Å². The molecule has 1 heterocycles. The van der Waals surface area contributed by atoms with Crippen LogP contribution in [0.4, 0.5) is 0 Å². The lowest BCUT2D eigenvalue weighted by atomic mass is 9.75. The lowest BCUT2D eigenvalue weighted by Gasteiger charge is -2.29. The summed E-state index contributed by atoms with van der Waals surface area (Å²) in [7, 11) is 0. The number of hydrogen-bond donors (Lipinski definition) is 0. The van der Waals surface area contributed by atoms with Crippen molar-refractivity contribution in [2.24, 2.45) is 5.41 Å². The molecule has 1 aromatic carbocycles. The van der Waals surface area contributed by atoms with Gasteiger partial charge in [0.25, 0.3) is 0 Å². The predicted molar refractivity (Wildman–Crippen MR) is 86.2 cm³/mol. The molecule has 1 aliphatic heterocycles. The summed E-state index contributed by atoms with van der Waals surface area (Å²) in [6.07, 6.45) is 15.2. The lowest BCUT2D eigenvalue weighted by molar-refractivity contribution is 0.286. The maximum Gasteiger partial charge on any atom is 0.106 e. The standard InChI is InChI=1S/C14H16.C5H6O/c1-14(2)11-7-6-10-13(14)12-8-4-3-5-9-12;1-2-4-6-5-3-1/h3-10H,11H2,1-2H3;1-4H,5H2. The van der Waals surface area contributed by atoms with Gasteiger partial charge in [-0.2, -0.15) is 0 Å². The van der Waals surface area contributed by atoms with E-state index in [0.717, 1.165) is 13.0 Å². The summed E-state index contributed by atoms with van der Waals surface area (Å²) in [5.41, 5.74) is 3.07. The van der Waals surface area contributed by atoms with Crippen LogP contribution >= 0.6 is 0 Å². The molecule has 0 unspecified atom stereocenters. The number of rotatable bonds is 1. The molecule has 0 bridgehead atoms. The first-order valence-corrected chi connectivity index (χ1v) is 7.06. The minimum absolute atomic E-state index is 0.274. The molecule has 20 heavy (non-hydrogen) atoms. The summed E-state index contributed by atoms with van der Waals surface area (Å²) in [4.78, 5) is 0. The molecule has 1 heteroatoms. The van der Waals surface area contributed by atoms with Crippen molar-refractivity contribution in [1.82, 2.24) is 0 Å². The van der Waals surface area contributed by atoms with E-state index in [9.17, 15) is 0 Å². The van der Waals surface area contributed by atoms with Gasteiger partial charge in [0.15, 0.2) is 0 Å². The number of allylic oxidation sites excluding steroid dienone is 6.